The Balaban J connectivity index is 1.34. The fourth-order valence-electron chi connectivity index (χ4n) is 4.32. The van der Waals surface area contributed by atoms with Crippen molar-refractivity contribution in [3.05, 3.63) is 47.8 Å². The topological polar surface area (TPSA) is 67.7 Å². The first-order valence-electron chi connectivity index (χ1n) is 10.2. The molecule has 1 aromatic heterocycles. The Labute approximate surface area is 171 Å². The van der Waals surface area contributed by atoms with Gasteiger partial charge in [0.2, 0.25) is 5.91 Å². The van der Waals surface area contributed by atoms with Crippen molar-refractivity contribution in [1.29, 1.82) is 0 Å². The molecule has 7 nitrogen and oxygen atoms in total. The Morgan fingerprint density at radius 3 is 2.59 bits per heavy atom. The molecule has 4 rings (SSSR count). The number of amides is 2. The summed E-state index contributed by atoms with van der Waals surface area (Å²) in [6.45, 7) is 3.96. The summed E-state index contributed by atoms with van der Waals surface area (Å²) in [7, 11) is 1.90. The molecule has 0 unspecified atom stereocenters. The average Bonchev–Trinajstić information content (AvgIpc) is 3.06. The van der Waals surface area contributed by atoms with Gasteiger partial charge in [0, 0.05) is 38.4 Å². The van der Waals surface area contributed by atoms with E-state index in [4.69, 9.17) is 4.74 Å². The van der Waals surface area contributed by atoms with Crippen LogP contribution in [0.15, 0.2) is 36.5 Å². The molecule has 0 atom stereocenters. The van der Waals surface area contributed by atoms with Gasteiger partial charge in [0.1, 0.15) is 6.61 Å². The van der Waals surface area contributed by atoms with Crippen LogP contribution in [0.25, 0.3) is 0 Å². The summed E-state index contributed by atoms with van der Waals surface area (Å²) >= 11 is 0. The first-order valence-corrected chi connectivity index (χ1v) is 10.2. The van der Waals surface area contributed by atoms with Crippen molar-refractivity contribution in [2.75, 3.05) is 31.1 Å². The van der Waals surface area contributed by atoms with Crippen LogP contribution in [0.5, 0.6) is 0 Å². The van der Waals surface area contributed by atoms with Crippen LogP contribution in [0.3, 0.4) is 0 Å². The highest BCUT2D eigenvalue weighted by Gasteiger charge is 2.43. The van der Waals surface area contributed by atoms with E-state index in [-0.39, 0.29) is 24.0 Å². The standard InChI is InChI=1S/C22H28N4O3/c1-17-18(14-24(2)23-17)8-9-20(27)25-12-10-22(11-13-25)16-26(21(28)15-29-22)19-6-4-3-5-7-19/h3-7,14H,8-13,15-16H2,1-2H3. The Morgan fingerprint density at radius 1 is 1.21 bits per heavy atom. The van der Waals surface area contributed by atoms with Gasteiger partial charge in [-0.3, -0.25) is 14.3 Å². The second kappa shape index (κ2) is 7.99. The van der Waals surface area contributed by atoms with E-state index >= 15 is 0 Å². The van der Waals surface area contributed by atoms with Crippen LogP contribution >= 0.6 is 0 Å². The Morgan fingerprint density at radius 2 is 1.93 bits per heavy atom. The molecule has 1 aromatic carbocycles. The summed E-state index contributed by atoms with van der Waals surface area (Å²) in [5.41, 5.74) is 2.66. The summed E-state index contributed by atoms with van der Waals surface area (Å²) in [6.07, 6.45) is 4.70. The second-order valence-electron chi connectivity index (χ2n) is 8.08. The van der Waals surface area contributed by atoms with Gasteiger partial charge in [-0.2, -0.15) is 5.10 Å². The van der Waals surface area contributed by atoms with Crippen molar-refractivity contribution in [3.8, 4) is 0 Å². The fraction of sp³-hybridized carbons (Fsp3) is 0.500. The number of carbonyl (C=O) groups is 2. The van der Waals surface area contributed by atoms with Crippen LogP contribution in [-0.2, 0) is 27.8 Å². The van der Waals surface area contributed by atoms with Crippen LogP contribution in [0.4, 0.5) is 5.69 Å². The summed E-state index contributed by atoms with van der Waals surface area (Å²) in [6, 6.07) is 9.74. The first-order chi connectivity index (χ1) is 14.0. The summed E-state index contributed by atoms with van der Waals surface area (Å²) in [4.78, 5) is 28.8. The number of likely N-dealkylation sites (tertiary alicyclic amines) is 1. The molecule has 0 aliphatic carbocycles. The van der Waals surface area contributed by atoms with E-state index in [2.05, 4.69) is 5.10 Å². The quantitative estimate of drug-likeness (QED) is 0.794. The summed E-state index contributed by atoms with van der Waals surface area (Å²) in [5, 5.41) is 4.34. The number of aromatic nitrogens is 2. The summed E-state index contributed by atoms with van der Waals surface area (Å²) < 4.78 is 7.80. The third-order valence-electron chi connectivity index (χ3n) is 6.07. The largest absolute Gasteiger partial charge is 0.363 e. The van der Waals surface area contributed by atoms with Gasteiger partial charge in [0.05, 0.1) is 17.8 Å². The molecule has 29 heavy (non-hydrogen) atoms. The minimum atomic E-state index is -0.361. The van der Waals surface area contributed by atoms with E-state index in [1.807, 2.05) is 60.3 Å². The first kappa shape index (κ1) is 19.6. The maximum Gasteiger partial charge on any atom is 0.253 e. The van der Waals surface area contributed by atoms with E-state index in [9.17, 15) is 9.59 Å². The van der Waals surface area contributed by atoms with Gasteiger partial charge in [-0.1, -0.05) is 18.2 Å². The lowest BCUT2D eigenvalue weighted by atomic mass is 9.88. The van der Waals surface area contributed by atoms with Crippen LogP contribution in [0, 0.1) is 6.92 Å². The van der Waals surface area contributed by atoms with E-state index in [1.165, 1.54) is 0 Å². The maximum atomic E-state index is 12.7. The molecule has 154 valence electrons. The molecule has 0 radical (unpaired) electrons. The molecule has 1 spiro atoms. The monoisotopic (exact) mass is 396 g/mol. The Kier molecular flexibility index (Phi) is 5.41. The molecule has 2 amide bonds. The number of carbonyl (C=O) groups excluding carboxylic acids is 2. The normalized spacial score (nSPS) is 19.0. The number of hydrogen-bond donors (Lipinski definition) is 0. The van der Waals surface area contributed by atoms with Crippen LogP contribution in [0.1, 0.15) is 30.5 Å². The zero-order valence-corrected chi connectivity index (χ0v) is 17.1. The van der Waals surface area contributed by atoms with E-state index < -0.39 is 0 Å². The number of hydrogen-bond acceptors (Lipinski definition) is 4. The number of piperidine rings is 1. The third kappa shape index (κ3) is 4.19. The van der Waals surface area contributed by atoms with Crippen molar-refractivity contribution >= 4 is 17.5 Å². The molecule has 0 bridgehead atoms. The average molecular weight is 396 g/mol. The molecule has 3 heterocycles. The molecule has 0 saturated carbocycles. The smallest absolute Gasteiger partial charge is 0.253 e. The molecule has 7 heteroatoms. The number of benzene rings is 1. The SMILES string of the molecule is Cc1nn(C)cc1CCC(=O)N1CCC2(CC1)CN(c1ccccc1)C(=O)CO2. The number of rotatable bonds is 4. The Hall–Kier alpha value is -2.67. The van der Waals surface area contributed by atoms with Gasteiger partial charge in [-0.25, -0.2) is 0 Å². The second-order valence-corrected chi connectivity index (χ2v) is 8.08. The van der Waals surface area contributed by atoms with Crippen molar-refractivity contribution in [2.45, 2.75) is 38.2 Å². The lowest BCUT2D eigenvalue weighted by molar-refractivity contribution is -0.150. The molecule has 2 aliphatic rings. The number of anilines is 1. The van der Waals surface area contributed by atoms with Crippen molar-refractivity contribution < 1.29 is 14.3 Å². The number of ether oxygens (including phenoxy) is 1. The maximum absolute atomic E-state index is 12.7. The van der Waals surface area contributed by atoms with Gasteiger partial charge in [-0.05, 0) is 43.9 Å². The predicted molar refractivity (Wildman–Crippen MR) is 110 cm³/mol. The zero-order valence-electron chi connectivity index (χ0n) is 17.1. The van der Waals surface area contributed by atoms with Crippen LogP contribution < -0.4 is 4.90 Å². The van der Waals surface area contributed by atoms with Gasteiger partial charge in [-0.15, -0.1) is 0 Å². The minimum absolute atomic E-state index is 0.00725. The predicted octanol–water partition coefficient (Wildman–Crippen LogP) is 2.09. The van der Waals surface area contributed by atoms with Crippen molar-refractivity contribution in [1.82, 2.24) is 14.7 Å². The highest BCUT2D eigenvalue weighted by atomic mass is 16.5. The van der Waals surface area contributed by atoms with Gasteiger partial charge < -0.3 is 14.5 Å². The van der Waals surface area contributed by atoms with E-state index in [0.29, 0.717) is 32.5 Å². The molecular formula is C22H28N4O3. The molecule has 2 aliphatic heterocycles. The van der Waals surface area contributed by atoms with Crippen molar-refractivity contribution in [2.24, 2.45) is 7.05 Å². The molecule has 2 saturated heterocycles. The minimum Gasteiger partial charge on any atom is -0.363 e. The zero-order chi connectivity index (χ0) is 20.4. The van der Waals surface area contributed by atoms with Crippen LogP contribution in [0.2, 0.25) is 0 Å². The fourth-order valence-corrected chi connectivity index (χ4v) is 4.32. The highest BCUT2D eigenvalue weighted by Crippen LogP contribution is 2.33. The lowest BCUT2D eigenvalue weighted by Gasteiger charge is -2.47. The number of aryl methyl sites for hydroxylation is 3. The molecule has 2 fully saturated rings. The number of nitrogens with zero attached hydrogens (tertiary/aromatic N) is 4. The van der Waals surface area contributed by atoms with Crippen molar-refractivity contribution in [3.63, 3.8) is 0 Å². The number of morpholine rings is 1. The number of para-hydroxylation sites is 1. The highest BCUT2D eigenvalue weighted by molar-refractivity contribution is 5.95. The van der Waals surface area contributed by atoms with Crippen LogP contribution in [-0.4, -0.2) is 58.3 Å². The molecular weight excluding hydrogens is 368 g/mol. The van der Waals surface area contributed by atoms with E-state index in [0.717, 1.165) is 29.8 Å². The lowest BCUT2D eigenvalue weighted by Crippen LogP contribution is -2.59. The summed E-state index contributed by atoms with van der Waals surface area (Å²) in [5.74, 6) is 0.169. The molecule has 0 N–H and O–H groups in total. The van der Waals surface area contributed by atoms with E-state index in [1.54, 1.807) is 4.68 Å². The van der Waals surface area contributed by atoms with Gasteiger partial charge >= 0.3 is 0 Å². The molecule has 2 aromatic rings. The van der Waals surface area contributed by atoms with Gasteiger partial charge in [0.15, 0.2) is 0 Å². The Bertz CT molecular complexity index is 885. The van der Waals surface area contributed by atoms with Gasteiger partial charge in [0.25, 0.3) is 5.91 Å². The third-order valence-corrected chi connectivity index (χ3v) is 6.07.